The fraction of sp³-hybridized carbons (Fsp3) is 0.333. The number of methoxy groups -OCH3 is 1. The van der Waals surface area contributed by atoms with Crippen LogP contribution in [0.5, 0.6) is 0 Å². The highest BCUT2D eigenvalue weighted by atomic mass is 19.1. The van der Waals surface area contributed by atoms with Crippen LogP contribution in [0.1, 0.15) is 6.42 Å². The van der Waals surface area contributed by atoms with Gasteiger partial charge in [0.1, 0.15) is 0 Å². The van der Waals surface area contributed by atoms with Crippen LogP contribution in [0.4, 0.5) is 10.1 Å². The first-order valence-corrected chi connectivity index (χ1v) is 4.14. The van der Waals surface area contributed by atoms with Crippen molar-refractivity contribution in [3.8, 4) is 0 Å². The van der Waals surface area contributed by atoms with Crippen LogP contribution in [-0.4, -0.2) is 24.6 Å². The number of nitrogens with one attached hydrogen (secondary N) is 1. The molecule has 1 N–H and O–H groups in total. The Hall–Kier alpha value is -1.65. The third-order valence-electron chi connectivity index (χ3n) is 1.61. The normalized spacial score (nSPS) is 9.57. The molecule has 0 radical (unpaired) electrons. The Morgan fingerprint density at radius 3 is 3.14 bits per heavy atom. The van der Waals surface area contributed by atoms with E-state index in [0.29, 0.717) is 12.2 Å². The van der Waals surface area contributed by atoms with Crippen molar-refractivity contribution >= 4 is 11.7 Å². The van der Waals surface area contributed by atoms with Gasteiger partial charge in [-0.2, -0.15) is 4.39 Å². The molecule has 0 aliphatic carbocycles. The van der Waals surface area contributed by atoms with Gasteiger partial charge in [0.2, 0.25) is 5.95 Å². The monoisotopic (exact) mass is 198 g/mol. The van der Waals surface area contributed by atoms with Gasteiger partial charge >= 0.3 is 5.97 Å². The number of rotatable bonds is 4. The fourth-order valence-corrected chi connectivity index (χ4v) is 0.923. The molecule has 0 amide bonds. The van der Waals surface area contributed by atoms with Gasteiger partial charge in [-0.15, -0.1) is 0 Å². The van der Waals surface area contributed by atoms with Crippen LogP contribution in [0.3, 0.4) is 0 Å². The van der Waals surface area contributed by atoms with Gasteiger partial charge in [-0.1, -0.05) is 0 Å². The third kappa shape index (κ3) is 3.38. The van der Waals surface area contributed by atoms with Crippen molar-refractivity contribution in [3.63, 3.8) is 0 Å². The molecule has 0 saturated heterocycles. The predicted molar refractivity (Wildman–Crippen MR) is 49.3 cm³/mol. The molecule has 0 atom stereocenters. The molecule has 0 unspecified atom stereocenters. The zero-order chi connectivity index (χ0) is 10.4. The number of ether oxygens (including phenoxy) is 1. The summed E-state index contributed by atoms with van der Waals surface area (Å²) in [5.41, 5.74) is 0.599. The van der Waals surface area contributed by atoms with Crippen LogP contribution < -0.4 is 5.32 Å². The highest BCUT2D eigenvalue weighted by Crippen LogP contribution is 2.06. The Morgan fingerprint density at radius 1 is 1.71 bits per heavy atom. The summed E-state index contributed by atoms with van der Waals surface area (Å²) >= 11 is 0. The minimum Gasteiger partial charge on any atom is -0.469 e. The summed E-state index contributed by atoms with van der Waals surface area (Å²) in [6, 6.07) is 2.89. The van der Waals surface area contributed by atoms with Gasteiger partial charge in [-0.3, -0.25) is 4.79 Å². The lowest BCUT2D eigenvalue weighted by atomic mass is 10.3. The van der Waals surface area contributed by atoms with Crippen molar-refractivity contribution in [3.05, 3.63) is 24.3 Å². The summed E-state index contributed by atoms with van der Waals surface area (Å²) in [7, 11) is 1.33. The highest BCUT2D eigenvalue weighted by molar-refractivity contribution is 5.69. The van der Waals surface area contributed by atoms with E-state index in [4.69, 9.17) is 0 Å². The Labute approximate surface area is 81.1 Å². The molecule has 5 heteroatoms. The minimum absolute atomic E-state index is 0.250. The number of carbonyl (C=O) groups excluding carboxylic acids is 1. The molecule has 14 heavy (non-hydrogen) atoms. The van der Waals surface area contributed by atoms with Crippen LogP contribution >= 0.6 is 0 Å². The van der Waals surface area contributed by atoms with Crippen molar-refractivity contribution in [1.29, 1.82) is 0 Å². The first-order valence-electron chi connectivity index (χ1n) is 4.14. The molecule has 76 valence electrons. The van der Waals surface area contributed by atoms with Gasteiger partial charge < -0.3 is 10.1 Å². The number of esters is 1. The quantitative estimate of drug-likeness (QED) is 0.583. The lowest BCUT2D eigenvalue weighted by Gasteiger charge is -2.04. The number of hydrogen-bond acceptors (Lipinski definition) is 4. The second kappa shape index (κ2) is 5.16. The fourth-order valence-electron chi connectivity index (χ4n) is 0.923. The van der Waals surface area contributed by atoms with Gasteiger partial charge in [0.05, 0.1) is 13.5 Å². The van der Waals surface area contributed by atoms with E-state index in [0.717, 1.165) is 0 Å². The maximum atomic E-state index is 12.6. The molecule has 0 spiro atoms. The van der Waals surface area contributed by atoms with Crippen LogP contribution in [-0.2, 0) is 9.53 Å². The molecule has 1 aromatic heterocycles. The summed E-state index contributed by atoms with van der Waals surface area (Å²) in [5, 5.41) is 2.87. The number of pyridine rings is 1. The SMILES string of the molecule is COC(=O)CCNc1ccnc(F)c1. The highest BCUT2D eigenvalue weighted by Gasteiger charge is 1.99. The summed E-state index contributed by atoms with van der Waals surface area (Å²) in [4.78, 5) is 14.1. The van der Waals surface area contributed by atoms with Crippen LogP contribution in [0, 0.1) is 5.95 Å². The van der Waals surface area contributed by atoms with E-state index in [2.05, 4.69) is 15.0 Å². The van der Waals surface area contributed by atoms with E-state index in [1.165, 1.54) is 19.4 Å². The second-order valence-corrected chi connectivity index (χ2v) is 2.62. The van der Waals surface area contributed by atoms with Gasteiger partial charge in [0.25, 0.3) is 0 Å². The Bertz CT molecular complexity index is 317. The van der Waals surface area contributed by atoms with Crippen LogP contribution in [0.2, 0.25) is 0 Å². The Kier molecular flexibility index (Phi) is 3.84. The average Bonchev–Trinajstić information content (AvgIpc) is 2.17. The maximum absolute atomic E-state index is 12.6. The molecule has 0 fully saturated rings. The molecule has 1 rings (SSSR count). The summed E-state index contributed by atoms with van der Waals surface area (Å²) in [5.74, 6) is -0.847. The molecule has 0 aliphatic heterocycles. The van der Waals surface area contributed by atoms with Crippen molar-refractivity contribution in [2.75, 3.05) is 19.0 Å². The van der Waals surface area contributed by atoms with Gasteiger partial charge in [-0.05, 0) is 6.07 Å². The molecular formula is C9H11FN2O2. The van der Waals surface area contributed by atoms with Crippen molar-refractivity contribution < 1.29 is 13.9 Å². The van der Waals surface area contributed by atoms with Gasteiger partial charge in [-0.25, -0.2) is 4.98 Å². The van der Waals surface area contributed by atoms with Gasteiger partial charge in [0.15, 0.2) is 0 Å². The Balaban J connectivity index is 2.35. The van der Waals surface area contributed by atoms with E-state index in [1.807, 2.05) is 0 Å². The average molecular weight is 198 g/mol. The Morgan fingerprint density at radius 2 is 2.50 bits per heavy atom. The first-order chi connectivity index (χ1) is 6.72. The predicted octanol–water partition coefficient (Wildman–Crippen LogP) is 1.20. The standard InChI is InChI=1S/C9H11FN2O2/c1-14-9(13)3-5-11-7-2-4-12-8(10)6-7/h2,4,6H,3,5H2,1H3,(H,11,12). The topological polar surface area (TPSA) is 51.2 Å². The molecule has 4 nitrogen and oxygen atoms in total. The summed E-state index contributed by atoms with van der Waals surface area (Å²) < 4.78 is 17.0. The number of aromatic nitrogens is 1. The zero-order valence-electron chi connectivity index (χ0n) is 7.79. The van der Waals surface area contributed by atoms with Crippen molar-refractivity contribution in [2.24, 2.45) is 0 Å². The molecular weight excluding hydrogens is 187 g/mol. The molecule has 1 aromatic rings. The largest absolute Gasteiger partial charge is 0.469 e. The van der Waals surface area contributed by atoms with Crippen molar-refractivity contribution in [2.45, 2.75) is 6.42 Å². The minimum atomic E-state index is -0.548. The number of carbonyl (C=O) groups is 1. The number of halogens is 1. The van der Waals surface area contributed by atoms with E-state index < -0.39 is 5.95 Å². The molecule has 0 aliphatic rings. The van der Waals surface area contributed by atoms with E-state index in [-0.39, 0.29) is 12.4 Å². The van der Waals surface area contributed by atoms with Crippen LogP contribution in [0.15, 0.2) is 18.3 Å². The van der Waals surface area contributed by atoms with E-state index >= 15 is 0 Å². The number of anilines is 1. The molecule has 0 aromatic carbocycles. The lowest BCUT2D eigenvalue weighted by Crippen LogP contribution is -2.09. The first kappa shape index (κ1) is 10.4. The van der Waals surface area contributed by atoms with Crippen LogP contribution in [0.25, 0.3) is 0 Å². The lowest BCUT2D eigenvalue weighted by molar-refractivity contribution is -0.140. The van der Waals surface area contributed by atoms with Crippen molar-refractivity contribution in [1.82, 2.24) is 4.98 Å². The van der Waals surface area contributed by atoms with Gasteiger partial charge in [0, 0.05) is 24.5 Å². The summed E-state index contributed by atoms with van der Waals surface area (Å²) in [6.45, 7) is 0.413. The van der Waals surface area contributed by atoms with E-state index in [1.54, 1.807) is 6.07 Å². The smallest absolute Gasteiger partial charge is 0.307 e. The molecule has 0 bridgehead atoms. The number of nitrogens with zero attached hydrogens (tertiary/aromatic N) is 1. The summed E-state index contributed by atoms with van der Waals surface area (Å²) in [6.07, 6.45) is 1.61. The molecule has 0 saturated carbocycles. The maximum Gasteiger partial charge on any atom is 0.307 e. The van der Waals surface area contributed by atoms with E-state index in [9.17, 15) is 9.18 Å². The zero-order valence-corrected chi connectivity index (χ0v) is 7.79. The second-order valence-electron chi connectivity index (χ2n) is 2.62. The molecule has 1 heterocycles. The number of hydrogen-bond donors (Lipinski definition) is 1. The third-order valence-corrected chi connectivity index (χ3v) is 1.61.